The van der Waals surface area contributed by atoms with Gasteiger partial charge in [-0.25, -0.2) is 0 Å². The Bertz CT molecular complexity index is 372. The summed E-state index contributed by atoms with van der Waals surface area (Å²) >= 11 is 9.50. The quantitative estimate of drug-likeness (QED) is 0.778. The van der Waals surface area contributed by atoms with Crippen LogP contribution in [-0.2, 0) is 0 Å². The Balaban J connectivity index is 1.91. The third-order valence-electron chi connectivity index (χ3n) is 3.71. The molecule has 0 unspecified atom stereocenters. The fourth-order valence-electron chi connectivity index (χ4n) is 2.54. The first-order valence-corrected chi connectivity index (χ1v) is 7.57. The van der Waals surface area contributed by atoms with Crippen molar-refractivity contribution in [2.45, 2.75) is 45.1 Å². The summed E-state index contributed by atoms with van der Waals surface area (Å²) in [5, 5.41) is 4.36. The highest BCUT2D eigenvalue weighted by molar-refractivity contribution is 9.10. The normalized spacial score (nSPS) is 24.6. The third-order valence-corrected chi connectivity index (χ3v) is 4.95. The zero-order chi connectivity index (χ0) is 12.3. The topological polar surface area (TPSA) is 12.0 Å². The first-order valence-electron chi connectivity index (χ1n) is 6.40. The minimum absolute atomic E-state index is 0.620. The molecule has 0 radical (unpaired) electrons. The van der Waals surface area contributed by atoms with Crippen LogP contribution in [0.1, 0.15) is 39.0 Å². The van der Waals surface area contributed by atoms with E-state index in [1.165, 1.54) is 32.1 Å². The van der Waals surface area contributed by atoms with Crippen LogP contribution in [-0.4, -0.2) is 6.04 Å². The van der Waals surface area contributed by atoms with Crippen molar-refractivity contribution >= 4 is 33.2 Å². The van der Waals surface area contributed by atoms with Crippen LogP contribution in [0.5, 0.6) is 0 Å². The average molecular weight is 317 g/mol. The largest absolute Gasteiger partial charge is 0.382 e. The lowest BCUT2D eigenvalue weighted by atomic mass is 9.84. The first-order chi connectivity index (χ1) is 8.19. The molecule has 0 spiro atoms. The van der Waals surface area contributed by atoms with E-state index >= 15 is 0 Å². The number of hydrogen-bond acceptors (Lipinski definition) is 1. The molecule has 0 amide bonds. The van der Waals surface area contributed by atoms with Crippen molar-refractivity contribution in [3.8, 4) is 0 Å². The number of benzene rings is 1. The SMILES string of the molecule is CCC1CCC(Nc2ccc(Br)c(Cl)c2)CC1. The van der Waals surface area contributed by atoms with E-state index in [4.69, 9.17) is 11.6 Å². The van der Waals surface area contributed by atoms with E-state index in [2.05, 4.69) is 34.2 Å². The fourth-order valence-corrected chi connectivity index (χ4v) is 2.96. The Morgan fingerprint density at radius 1 is 1.29 bits per heavy atom. The van der Waals surface area contributed by atoms with E-state index in [1.54, 1.807) is 0 Å². The van der Waals surface area contributed by atoms with Crippen LogP contribution in [0.25, 0.3) is 0 Å². The van der Waals surface area contributed by atoms with Crippen LogP contribution in [0.2, 0.25) is 5.02 Å². The van der Waals surface area contributed by atoms with Gasteiger partial charge in [0.05, 0.1) is 5.02 Å². The molecule has 3 heteroatoms. The second kappa shape index (κ2) is 6.10. The molecule has 2 rings (SSSR count). The molecule has 0 aliphatic heterocycles. The summed E-state index contributed by atoms with van der Waals surface area (Å²) in [6, 6.07) is 6.71. The van der Waals surface area contributed by atoms with Crippen molar-refractivity contribution in [1.82, 2.24) is 0 Å². The summed E-state index contributed by atoms with van der Waals surface area (Å²) in [5.74, 6) is 0.946. The monoisotopic (exact) mass is 315 g/mol. The van der Waals surface area contributed by atoms with Gasteiger partial charge in [-0.15, -0.1) is 0 Å². The summed E-state index contributed by atoms with van der Waals surface area (Å²) in [4.78, 5) is 0. The maximum absolute atomic E-state index is 6.09. The molecular formula is C14H19BrClN. The molecule has 1 fully saturated rings. The van der Waals surface area contributed by atoms with Crippen molar-refractivity contribution in [2.75, 3.05) is 5.32 Å². The van der Waals surface area contributed by atoms with Gasteiger partial charge in [-0.1, -0.05) is 24.9 Å². The number of nitrogens with one attached hydrogen (secondary N) is 1. The van der Waals surface area contributed by atoms with Gasteiger partial charge in [0.2, 0.25) is 0 Å². The molecule has 1 nitrogen and oxygen atoms in total. The summed E-state index contributed by atoms with van der Waals surface area (Å²) in [5.41, 5.74) is 1.14. The molecule has 0 bridgehead atoms. The lowest BCUT2D eigenvalue weighted by Gasteiger charge is -2.29. The zero-order valence-corrected chi connectivity index (χ0v) is 12.5. The van der Waals surface area contributed by atoms with E-state index in [9.17, 15) is 0 Å². The van der Waals surface area contributed by atoms with Gasteiger partial charge in [0.1, 0.15) is 0 Å². The lowest BCUT2D eigenvalue weighted by Crippen LogP contribution is -2.25. The predicted octanol–water partition coefficient (Wildman–Crippen LogP) is 5.48. The fraction of sp³-hybridized carbons (Fsp3) is 0.571. The minimum atomic E-state index is 0.620. The Kier molecular flexibility index (Phi) is 4.75. The Hall–Kier alpha value is -0.210. The highest BCUT2D eigenvalue weighted by Crippen LogP contribution is 2.30. The summed E-state index contributed by atoms with van der Waals surface area (Å²) in [7, 11) is 0. The maximum Gasteiger partial charge on any atom is 0.0568 e. The van der Waals surface area contributed by atoms with Crippen LogP contribution in [0.3, 0.4) is 0 Å². The highest BCUT2D eigenvalue weighted by atomic mass is 79.9. The Morgan fingerprint density at radius 3 is 2.59 bits per heavy atom. The second-order valence-electron chi connectivity index (χ2n) is 4.90. The number of rotatable bonds is 3. The molecule has 94 valence electrons. The molecule has 0 atom stereocenters. The van der Waals surface area contributed by atoms with Gasteiger partial charge in [0.15, 0.2) is 0 Å². The minimum Gasteiger partial charge on any atom is -0.382 e. The Labute approximate surface area is 117 Å². The molecule has 1 aliphatic rings. The number of anilines is 1. The van der Waals surface area contributed by atoms with Crippen LogP contribution in [0, 0.1) is 5.92 Å². The van der Waals surface area contributed by atoms with Gasteiger partial charge < -0.3 is 5.32 Å². The molecule has 0 aromatic heterocycles. The smallest absolute Gasteiger partial charge is 0.0568 e. The van der Waals surface area contributed by atoms with Gasteiger partial charge in [-0.2, -0.15) is 0 Å². The first kappa shape index (κ1) is 13.2. The Morgan fingerprint density at radius 2 is 2.00 bits per heavy atom. The predicted molar refractivity (Wildman–Crippen MR) is 78.8 cm³/mol. The van der Waals surface area contributed by atoms with Gasteiger partial charge in [-0.3, -0.25) is 0 Å². The third kappa shape index (κ3) is 3.62. The van der Waals surface area contributed by atoms with Gasteiger partial charge >= 0.3 is 0 Å². The molecular weight excluding hydrogens is 298 g/mol. The molecule has 1 saturated carbocycles. The van der Waals surface area contributed by atoms with E-state index < -0.39 is 0 Å². The van der Waals surface area contributed by atoms with Crippen molar-refractivity contribution in [1.29, 1.82) is 0 Å². The average Bonchev–Trinajstić information content (AvgIpc) is 2.35. The van der Waals surface area contributed by atoms with Crippen molar-refractivity contribution in [3.05, 3.63) is 27.7 Å². The molecule has 0 heterocycles. The van der Waals surface area contributed by atoms with Crippen LogP contribution >= 0.6 is 27.5 Å². The molecule has 1 aliphatic carbocycles. The van der Waals surface area contributed by atoms with Crippen LogP contribution in [0.4, 0.5) is 5.69 Å². The van der Waals surface area contributed by atoms with Crippen molar-refractivity contribution in [2.24, 2.45) is 5.92 Å². The summed E-state index contributed by atoms with van der Waals surface area (Å²) in [6.07, 6.45) is 6.62. The molecule has 1 N–H and O–H groups in total. The molecule has 1 aromatic rings. The maximum atomic E-state index is 6.09. The second-order valence-corrected chi connectivity index (χ2v) is 6.16. The zero-order valence-electron chi connectivity index (χ0n) is 10.2. The van der Waals surface area contributed by atoms with Crippen molar-refractivity contribution in [3.63, 3.8) is 0 Å². The lowest BCUT2D eigenvalue weighted by molar-refractivity contribution is 0.330. The molecule has 17 heavy (non-hydrogen) atoms. The van der Waals surface area contributed by atoms with Gasteiger partial charge in [-0.05, 0) is 65.7 Å². The highest BCUT2D eigenvalue weighted by Gasteiger charge is 2.19. The van der Waals surface area contributed by atoms with E-state index in [-0.39, 0.29) is 0 Å². The van der Waals surface area contributed by atoms with Crippen LogP contribution < -0.4 is 5.32 Å². The number of halogens is 2. The van der Waals surface area contributed by atoms with Crippen LogP contribution in [0.15, 0.2) is 22.7 Å². The van der Waals surface area contributed by atoms with Gasteiger partial charge in [0, 0.05) is 16.2 Å². The van der Waals surface area contributed by atoms with Crippen molar-refractivity contribution < 1.29 is 0 Å². The van der Waals surface area contributed by atoms with E-state index in [0.29, 0.717) is 6.04 Å². The van der Waals surface area contributed by atoms with E-state index in [1.807, 2.05) is 12.1 Å². The summed E-state index contributed by atoms with van der Waals surface area (Å²) < 4.78 is 0.958. The van der Waals surface area contributed by atoms with Gasteiger partial charge in [0.25, 0.3) is 0 Å². The molecule has 1 aromatic carbocycles. The number of hydrogen-bond donors (Lipinski definition) is 1. The molecule has 0 saturated heterocycles. The van der Waals surface area contributed by atoms with E-state index in [0.717, 1.165) is 21.1 Å². The standard InChI is InChI=1S/C14H19BrClN/c1-2-10-3-5-11(6-4-10)17-12-7-8-13(15)14(16)9-12/h7-11,17H,2-6H2,1H3. The summed E-state index contributed by atoms with van der Waals surface area (Å²) in [6.45, 7) is 2.30.